The standard InChI is InChI=1S/C30H30ClF3N2O3/c1-39-22-5-2-19(3-6-22)18-36-27(37)9-7-23-20(4-8-24(32)28(23)36)10-11-30(38)12-14-35(15-13-30)29-25(33)16-21(31)17-26(29)34/h2-6,8,16-17,38H,7,9-15,18H2,1H3. The smallest absolute Gasteiger partial charge is 0.227 e. The Morgan fingerprint density at radius 3 is 2.26 bits per heavy atom. The minimum Gasteiger partial charge on any atom is -0.497 e. The van der Waals surface area contributed by atoms with Gasteiger partial charge in [-0.1, -0.05) is 29.8 Å². The molecule has 1 amide bonds. The van der Waals surface area contributed by atoms with Crippen LogP contribution in [0.4, 0.5) is 24.5 Å². The molecule has 0 saturated carbocycles. The average molecular weight is 559 g/mol. The third-order valence-corrected chi connectivity index (χ3v) is 8.06. The van der Waals surface area contributed by atoms with Crippen molar-refractivity contribution in [3.63, 3.8) is 0 Å². The Labute approximate surface area is 230 Å². The summed E-state index contributed by atoms with van der Waals surface area (Å²) in [7, 11) is 1.58. The van der Waals surface area contributed by atoms with Crippen molar-refractivity contribution in [2.45, 2.75) is 50.7 Å². The third-order valence-electron chi connectivity index (χ3n) is 7.84. The summed E-state index contributed by atoms with van der Waals surface area (Å²) in [5.74, 6) is -1.34. The van der Waals surface area contributed by atoms with Crippen molar-refractivity contribution < 1.29 is 27.8 Å². The highest BCUT2D eigenvalue weighted by molar-refractivity contribution is 6.30. The summed E-state index contributed by atoms with van der Waals surface area (Å²) in [4.78, 5) is 15.9. The van der Waals surface area contributed by atoms with E-state index < -0.39 is 23.1 Å². The molecule has 2 aliphatic rings. The van der Waals surface area contributed by atoms with Crippen LogP contribution in [0.3, 0.4) is 0 Å². The van der Waals surface area contributed by atoms with E-state index in [1.807, 2.05) is 12.1 Å². The topological polar surface area (TPSA) is 53.0 Å². The van der Waals surface area contributed by atoms with Crippen LogP contribution in [0.25, 0.3) is 0 Å². The second-order valence-electron chi connectivity index (χ2n) is 10.3. The van der Waals surface area contributed by atoms with Crippen molar-refractivity contribution in [1.29, 1.82) is 0 Å². The van der Waals surface area contributed by atoms with Crippen molar-refractivity contribution in [1.82, 2.24) is 0 Å². The molecule has 0 bridgehead atoms. The number of ether oxygens (including phenoxy) is 1. The highest BCUT2D eigenvalue weighted by Crippen LogP contribution is 2.38. The second-order valence-corrected chi connectivity index (χ2v) is 10.7. The lowest BCUT2D eigenvalue weighted by Gasteiger charge is -2.40. The number of nitrogens with zero attached hydrogens (tertiary/aromatic N) is 2. The number of methoxy groups -OCH3 is 1. The van der Waals surface area contributed by atoms with Crippen LogP contribution in [0.5, 0.6) is 5.75 Å². The highest BCUT2D eigenvalue weighted by Gasteiger charge is 2.35. The lowest BCUT2D eigenvalue weighted by molar-refractivity contribution is -0.119. The van der Waals surface area contributed by atoms with E-state index in [0.717, 1.165) is 28.8 Å². The van der Waals surface area contributed by atoms with Gasteiger partial charge in [-0.15, -0.1) is 0 Å². The van der Waals surface area contributed by atoms with E-state index in [0.29, 0.717) is 43.5 Å². The van der Waals surface area contributed by atoms with Crippen LogP contribution in [0.1, 0.15) is 42.4 Å². The van der Waals surface area contributed by atoms with Gasteiger partial charge >= 0.3 is 0 Å². The third kappa shape index (κ3) is 5.72. The van der Waals surface area contributed by atoms with Crippen LogP contribution >= 0.6 is 11.6 Å². The van der Waals surface area contributed by atoms with Crippen LogP contribution in [-0.2, 0) is 24.2 Å². The van der Waals surface area contributed by atoms with Gasteiger partial charge in [0.05, 0.1) is 24.9 Å². The molecule has 206 valence electrons. The number of aryl methyl sites for hydroxylation is 1. The molecule has 0 aromatic heterocycles. The van der Waals surface area contributed by atoms with Gasteiger partial charge in [0.25, 0.3) is 0 Å². The minimum atomic E-state index is -1.02. The van der Waals surface area contributed by atoms with E-state index in [-0.39, 0.29) is 42.7 Å². The van der Waals surface area contributed by atoms with Crippen molar-refractivity contribution in [2.75, 3.05) is 30.0 Å². The maximum Gasteiger partial charge on any atom is 0.227 e. The molecule has 0 radical (unpaired) electrons. The van der Waals surface area contributed by atoms with Gasteiger partial charge in [0.1, 0.15) is 17.3 Å². The summed E-state index contributed by atoms with van der Waals surface area (Å²) in [6.45, 7) is 0.822. The molecule has 0 unspecified atom stereocenters. The first-order valence-electron chi connectivity index (χ1n) is 13.0. The zero-order valence-electron chi connectivity index (χ0n) is 21.7. The largest absolute Gasteiger partial charge is 0.497 e. The molecule has 3 aromatic rings. The van der Waals surface area contributed by atoms with Crippen molar-refractivity contribution in [3.8, 4) is 5.75 Å². The van der Waals surface area contributed by atoms with Crippen molar-refractivity contribution >= 4 is 28.9 Å². The Hall–Kier alpha value is -3.23. The second kappa shape index (κ2) is 11.1. The number of carbonyl (C=O) groups excluding carboxylic acids is 1. The Balaban J connectivity index is 1.30. The number of fused-ring (bicyclic) bond motifs is 1. The molecule has 9 heteroatoms. The maximum absolute atomic E-state index is 15.1. The fourth-order valence-electron chi connectivity index (χ4n) is 5.63. The Morgan fingerprint density at radius 1 is 0.949 bits per heavy atom. The number of hydrogen-bond donors (Lipinski definition) is 1. The molecule has 5 rings (SSSR count). The predicted molar refractivity (Wildman–Crippen MR) is 145 cm³/mol. The Morgan fingerprint density at radius 2 is 1.62 bits per heavy atom. The molecule has 5 nitrogen and oxygen atoms in total. The summed E-state index contributed by atoms with van der Waals surface area (Å²) >= 11 is 5.75. The summed E-state index contributed by atoms with van der Waals surface area (Å²) < 4.78 is 49.1. The number of hydrogen-bond acceptors (Lipinski definition) is 4. The summed E-state index contributed by atoms with van der Waals surface area (Å²) in [5.41, 5.74) is 1.69. The number of benzene rings is 3. The van der Waals surface area contributed by atoms with Crippen LogP contribution in [0.2, 0.25) is 5.02 Å². The quantitative estimate of drug-likeness (QED) is 0.375. The fourth-order valence-corrected chi connectivity index (χ4v) is 5.82. The number of amides is 1. The maximum atomic E-state index is 15.1. The van der Waals surface area contributed by atoms with Crippen LogP contribution in [0.15, 0.2) is 48.5 Å². The minimum absolute atomic E-state index is 0.00541. The number of halogens is 4. The molecular weight excluding hydrogens is 529 g/mol. The van der Waals surface area contributed by atoms with Crippen molar-refractivity contribution in [3.05, 3.63) is 87.7 Å². The molecule has 0 atom stereocenters. The first-order chi connectivity index (χ1) is 18.7. The van der Waals surface area contributed by atoms with Crippen LogP contribution in [0, 0.1) is 17.5 Å². The van der Waals surface area contributed by atoms with E-state index in [1.165, 1.54) is 11.0 Å². The van der Waals surface area contributed by atoms with E-state index >= 15 is 4.39 Å². The normalized spacial score (nSPS) is 16.8. The van der Waals surface area contributed by atoms with Gasteiger partial charge in [-0.25, -0.2) is 13.2 Å². The van der Waals surface area contributed by atoms with E-state index in [1.54, 1.807) is 30.2 Å². The van der Waals surface area contributed by atoms with Crippen LogP contribution < -0.4 is 14.5 Å². The van der Waals surface area contributed by atoms with E-state index in [2.05, 4.69) is 0 Å². The van der Waals surface area contributed by atoms with Gasteiger partial charge in [0.15, 0.2) is 11.6 Å². The lowest BCUT2D eigenvalue weighted by Crippen LogP contribution is -2.45. The molecule has 3 aromatic carbocycles. The molecule has 1 saturated heterocycles. The van der Waals surface area contributed by atoms with Gasteiger partial charge in [-0.2, -0.15) is 0 Å². The first kappa shape index (κ1) is 27.3. The van der Waals surface area contributed by atoms with Gasteiger partial charge in [-0.05, 0) is 79.1 Å². The Kier molecular flexibility index (Phi) is 7.78. The zero-order valence-corrected chi connectivity index (χ0v) is 22.4. The number of aliphatic hydroxyl groups is 1. The number of piperidine rings is 1. The van der Waals surface area contributed by atoms with Gasteiger partial charge < -0.3 is 19.6 Å². The summed E-state index contributed by atoms with van der Waals surface area (Å²) in [6.07, 6.45) is 2.28. The predicted octanol–water partition coefficient (Wildman–Crippen LogP) is 6.21. The molecule has 1 fully saturated rings. The molecule has 0 spiro atoms. The van der Waals surface area contributed by atoms with Gasteiger partial charge in [0.2, 0.25) is 5.91 Å². The van der Waals surface area contributed by atoms with E-state index in [4.69, 9.17) is 16.3 Å². The number of carbonyl (C=O) groups is 1. The molecular formula is C30H30ClF3N2O3. The molecule has 0 aliphatic carbocycles. The zero-order chi connectivity index (χ0) is 27.7. The first-order valence-corrected chi connectivity index (χ1v) is 13.4. The molecule has 2 heterocycles. The summed E-state index contributed by atoms with van der Waals surface area (Å²) in [5, 5.41) is 11.3. The average Bonchev–Trinajstić information content (AvgIpc) is 2.91. The van der Waals surface area contributed by atoms with E-state index in [9.17, 15) is 18.7 Å². The van der Waals surface area contributed by atoms with Crippen molar-refractivity contribution in [2.24, 2.45) is 0 Å². The molecule has 39 heavy (non-hydrogen) atoms. The Bertz CT molecular complexity index is 1350. The van der Waals surface area contributed by atoms with Gasteiger partial charge in [0, 0.05) is 24.5 Å². The SMILES string of the molecule is COc1ccc(CN2C(=O)CCc3c(CCC4(O)CCN(c5c(F)cc(Cl)cc5F)CC4)ccc(F)c32)cc1. The molecule has 2 aliphatic heterocycles. The van der Waals surface area contributed by atoms with Crippen LogP contribution in [-0.4, -0.2) is 36.8 Å². The summed E-state index contributed by atoms with van der Waals surface area (Å²) in [6, 6.07) is 12.6. The monoisotopic (exact) mass is 558 g/mol. The van der Waals surface area contributed by atoms with Gasteiger partial charge in [-0.3, -0.25) is 4.79 Å². The lowest BCUT2D eigenvalue weighted by atomic mass is 9.83. The number of anilines is 2. The number of rotatable bonds is 7. The molecule has 1 N–H and O–H groups in total. The fraction of sp³-hybridized carbons (Fsp3) is 0.367. The highest BCUT2D eigenvalue weighted by atomic mass is 35.5.